The van der Waals surface area contributed by atoms with Crippen molar-refractivity contribution in [2.45, 2.75) is 12.8 Å². The van der Waals surface area contributed by atoms with Crippen LogP contribution in [0, 0.1) is 5.41 Å². The first-order chi connectivity index (χ1) is 15.4. The molecule has 1 saturated heterocycles. The minimum Gasteiger partial charge on any atom is -0.403 e. The van der Waals surface area contributed by atoms with Crippen molar-refractivity contribution in [1.82, 2.24) is 24.8 Å². The molecule has 0 radical (unpaired) electrons. The fourth-order valence-corrected chi connectivity index (χ4v) is 3.62. The number of carbonyl (C=O) groups is 2. The lowest BCUT2D eigenvalue weighted by atomic mass is 10.1. The molecule has 0 spiro atoms. The molecule has 9 heteroatoms. The van der Waals surface area contributed by atoms with E-state index in [1.807, 2.05) is 30.3 Å². The largest absolute Gasteiger partial charge is 0.403 e. The van der Waals surface area contributed by atoms with Gasteiger partial charge in [-0.15, -0.1) is 0 Å². The molecule has 0 atom stereocenters. The van der Waals surface area contributed by atoms with Crippen LogP contribution in [0.3, 0.4) is 0 Å². The maximum absolute atomic E-state index is 13.0. The van der Waals surface area contributed by atoms with Crippen LogP contribution in [-0.4, -0.2) is 68.5 Å². The van der Waals surface area contributed by atoms with Crippen molar-refractivity contribution in [3.8, 4) is 11.5 Å². The summed E-state index contributed by atoms with van der Waals surface area (Å²) in [5, 5.41) is 7.95. The van der Waals surface area contributed by atoms with Gasteiger partial charge < -0.3 is 20.5 Å². The first-order valence-electron chi connectivity index (χ1n) is 10.4. The molecule has 0 unspecified atom stereocenters. The Labute approximate surface area is 185 Å². The van der Waals surface area contributed by atoms with Gasteiger partial charge in [0.15, 0.2) is 5.82 Å². The van der Waals surface area contributed by atoms with E-state index in [4.69, 9.17) is 11.1 Å². The van der Waals surface area contributed by atoms with E-state index in [9.17, 15) is 9.59 Å². The van der Waals surface area contributed by atoms with Crippen LogP contribution >= 0.6 is 0 Å². The van der Waals surface area contributed by atoms with Crippen molar-refractivity contribution in [1.29, 1.82) is 5.41 Å². The van der Waals surface area contributed by atoms with Crippen molar-refractivity contribution in [3.63, 3.8) is 0 Å². The third-order valence-corrected chi connectivity index (χ3v) is 5.41. The molecule has 32 heavy (non-hydrogen) atoms. The first kappa shape index (κ1) is 21.2. The molecule has 0 bridgehead atoms. The average Bonchev–Trinajstić information content (AvgIpc) is 3.26. The monoisotopic (exact) mass is 431 g/mol. The summed E-state index contributed by atoms with van der Waals surface area (Å²) in [4.78, 5) is 41.0. The molecule has 2 amide bonds. The van der Waals surface area contributed by atoms with Gasteiger partial charge in [0, 0.05) is 31.9 Å². The molecule has 3 aromatic rings. The molecule has 4 rings (SSSR count). The number of nitrogens with one attached hydrogen (secondary N) is 2. The van der Waals surface area contributed by atoms with Gasteiger partial charge in [0.2, 0.25) is 0 Å². The van der Waals surface area contributed by atoms with Crippen LogP contribution < -0.4 is 5.73 Å². The van der Waals surface area contributed by atoms with Crippen molar-refractivity contribution in [2.75, 3.05) is 26.2 Å². The summed E-state index contributed by atoms with van der Waals surface area (Å²) in [6.07, 6.45) is 0.683. The number of piperazine rings is 1. The van der Waals surface area contributed by atoms with E-state index in [0.29, 0.717) is 55.5 Å². The number of H-pyrrole nitrogens is 1. The fourth-order valence-electron chi connectivity index (χ4n) is 3.62. The lowest BCUT2D eigenvalue weighted by Gasteiger charge is -2.34. The number of aromatic nitrogens is 3. The Morgan fingerprint density at radius 1 is 1.00 bits per heavy atom. The van der Waals surface area contributed by atoms with E-state index in [1.54, 1.807) is 21.9 Å². The fraction of sp³-hybridized carbons (Fsp3) is 0.261. The second kappa shape index (κ2) is 9.01. The molecule has 1 aliphatic heterocycles. The molecule has 4 N–H and O–H groups in total. The lowest BCUT2D eigenvalue weighted by Crippen LogP contribution is -2.52. The van der Waals surface area contributed by atoms with Crippen LogP contribution in [0.25, 0.3) is 22.6 Å². The summed E-state index contributed by atoms with van der Waals surface area (Å²) < 4.78 is 0. The van der Waals surface area contributed by atoms with Crippen LogP contribution in [0.5, 0.6) is 0 Å². The number of aromatic amines is 1. The number of hydrogen-bond donors (Lipinski definition) is 3. The second-order valence-corrected chi connectivity index (χ2v) is 7.73. The topological polar surface area (TPSA) is 132 Å². The molecular weight excluding hydrogens is 406 g/mol. The van der Waals surface area contributed by atoms with Crippen molar-refractivity contribution >= 4 is 28.6 Å². The summed E-state index contributed by atoms with van der Waals surface area (Å²) in [6, 6.07) is 13.0. The number of carbonyl (C=O) groups excluding carboxylic acids is 2. The summed E-state index contributed by atoms with van der Waals surface area (Å²) >= 11 is 0. The minimum absolute atomic E-state index is 0.0107. The molecule has 0 saturated carbocycles. The van der Waals surface area contributed by atoms with Crippen molar-refractivity contribution in [3.05, 3.63) is 60.4 Å². The molecule has 3 heterocycles. The van der Waals surface area contributed by atoms with Crippen LogP contribution in [0.15, 0.2) is 54.7 Å². The van der Waals surface area contributed by atoms with E-state index in [1.165, 1.54) is 0 Å². The standard InChI is InChI=1S/C23H25N7O2/c1-15(24)9-10-16(25)22(31)29-11-13-30(14-12-29)23(32)20-8-4-7-19(26-20)21-27-17-5-2-3-6-18(17)28-21/h2-8,25H,1,9-14,24H2,(H,27,28). The lowest BCUT2D eigenvalue weighted by molar-refractivity contribution is -0.125. The molecule has 164 valence electrons. The summed E-state index contributed by atoms with van der Waals surface area (Å²) in [5.74, 6) is 0.0999. The Bertz CT molecular complexity index is 1160. The Balaban J connectivity index is 1.40. The van der Waals surface area contributed by atoms with Gasteiger partial charge in [-0.2, -0.15) is 0 Å². The number of nitrogens with two attached hydrogens (primary N) is 1. The number of nitrogens with zero attached hydrogens (tertiary/aromatic N) is 4. The Morgan fingerprint density at radius 2 is 1.72 bits per heavy atom. The smallest absolute Gasteiger partial charge is 0.272 e. The second-order valence-electron chi connectivity index (χ2n) is 7.73. The van der Waals surface area contributed by atoms with E-state index in [-0.39, 0.29) is 23.9 Å². The number of pyridine rings is 1. The number of rotatable bonds is 6. The highest BCUT2D eigenvalue weighted by Crippen LogP contribution is 2.19. The van der Waals surface area contributed by atoms with Crippen LogP contribution in [-0.2, 0) is 4.79 Å². The number of para-hydroxylation sites is 2. The van der Waals surface area contributed by atoms with Gasteiger partial charge in [0.25, 0.3) is 11.8 Å². The summed E-state index contributed by atoms with van der Waals surface area (Å²) in [5.41, 5.74) is 8.65. The minimum atomic E-state index is -0.316. The molecule has 1 fully saturated rings. The first-order valence-corrected chi connectivity index (χ1v) is 10.4. The van der Waals surface area contributed by atoms with E-state index in [2.05, 4.69) is 21.5 Å². The molecule has 1 aromatic carbocycles. The Hall–Kier alpha value is -4.01. The van der Waals surface area contributed by atoms with E-state index in [0.717, 1.165) is 11.0 Å². The highest BCUT2D eigenvalue weighted by atomic mass is 16.2. The van der Waals surface area contributed by atoms with Gasteiger partial charge in [-0.3, -0.25) is 15.0 Å². The number of amides is 2. The maximum Gasteiger partial charge on any atom is 0.272 e. The van der Waals surface area contributed by atoms with Gasteiger partial charge in [-0.25, -0.2) is 9.97 Å². The normalized spacial score (nSPS) is 13.9. The number of allylic oxidation sites excluding steroid dienone is 1. The predicted molar refractivity (Wildman–Crippen MR) is 122 cm³/mol. The third-order valence-electron chi connectivity index (χ3n) is 5.41. The van der Waals surface area contributed by atoms with Crippen LogP contribution in [0.2, 0.25) is 0 Å². The molecule has 9 nitrogen and oxygen atoms in total. The van der Waals surface area contributed by atoms with Crippen LogP contribution in [0.1, 0.15) is 23.3 Å². The number of hydrogen-bond acceptors (Lipinski definition) is 6. The zero-order chi connectivity index (χ0) is 22.7. The number of benzene rings is 1. The van der Waals surface area contributed by atoms with Crippen molar-refractivity contribution in [2.24, 2.45) is 5.73 Å². The average molecular weight is 432 g/mol. The van der Waals surface area contributed by atoms with Crippen molar-refractivity contribution < 1.29 is 9.59 Å². The zero-order valence-electron chi connectivity index (χ0n) is 17.7. The summed E-state index contributed by atoms with van der Waals surface area (Å²) in [7, 11) is 0. The SMILES string of the molecule is C=C(N)CCC(=N)C(=O)N1CCN(C(=O)c2cccc(-c3nc4ccccc4[nH]3)n2)CC1. The molecular formula is C23H25N7O2. The van der Waals surface area contributed by atoms with E-state index < -0.39 is 0 Å². The van der Waals surface area contributed by atoms with Gasteiger partial charge in [-0.1, -0.05) is 24.8 Å². The van der Waals surface area contributed by atoms with Gasteiger partial charge in [-0.05, 0) is 37.1 Å². The summed E-state index contributed by atoms with van der Waals surface area (Å²) in [6.45, 7) is 5.12. The van der Waals surface area contributed by atoms with Gasteiger partial charge in [0.05, 0.1) is 16.7 Å². The number of imidazole rings is 1. The quantitative estimate of drug-likeness (QED) is 0.515. The van der Waals surface area contributed by atoms with Gasteiger partial charge in [0.1, 0.15) is 11.4 Å². The third kappa shape index (κ3) is 4.51. The maximum atomic E-state index is 13.0. The van der Waals surface area contributed by atoms with Crippen LogP contribution in [0.4, 0.5) is 0 Å². The highest BCUT2D eigenvalue weighted by molar-refractivity contribution is 6.37. The highest BCUT2D eigenvalue weighted by Gasteiger charge is 2.27. The van der Waals surface area contributed by atoms with E-state index >= 15 is 0 Å². The molecule has 0 aliphatic carbocycles. The zero-order valence-corrected chi connectivity index (χ0v) is 17.7. The Kier molecular flexibility index (Phi) is 5.98. The van der Waals surface area contributed by atoms with Gasteiger partial charge >= 0.3 is 0 Å². The number of fused-ring (bicyclic) bond motifs is 1. The molecule has 2 aromatic heterocycles. The Morgan fingerprint density at radius 3 is 2.44 bits per heavy atom. The molecule has 1 aliphatic rings. The predicted octanol–water partition coefficient (Wildman–Crippen LogP) is 2.18.